The van der Waals surface area contributed by atoms with Gasteiger partial charge in [-0.15, -0.1) is 5.10 Å². The van der Waals surface area contributed by atoms with Crippen molar-refractivity contribution in [3.63, 3.8) is 0 Å². The maximum Gasteiger partial charge on any atom is 0.271 e. The predicted molar refractivity (Wildman–Crippen MR) is 125 cm³/mol. The largest absolute Gasteiger partial charge is 0.379 e. The lowest BCUT2D eigenvalue weighted by molar-refractivity contribution is -0.125. The molecule has 0 radical (unpaired) electrons. The molecule has 32 heavy (non-hydrogen) atoms. The Balaban J connectivity index is 1.33. The van der Waals surface area contributed by atoms with Crippen molar-refractivity contribution in [1.29, 1.82) is 0 Å². The van der Waals surface area contributed by atoms with Crippen molar-refractivity contribution in [1.82, 2.24) is 20.0 Å². The maximum atomic E-state index is 12.7. The summed E-state index contributed by atoms with van der Waals surface area (Å²) in [5.74, 6) is 0.703. The van der Waals surface area contributed by atoms with Crippen molar-refractivity contribution >= 4 is 23.3 Å². The molecule has 0 aliphatic carbocycles. The van der Waals surface area contributed by atoms with E-state index in [-0.39, 0.29) is 17.4 Å². The molecular weight excluding hydrogens is 430 g/mol. The summed E-state index contributed by atoms with van der Waals surface area (Å²) in [4.78, 5) is 29.6. The van der Waals surface area contributed by atoms with Crippen molar-refractivity contribution in [2.24, 2.45) is 5.92 Å². The number of hydrogen-bond acceptors (Lipinski definition) is 6. The van der Waals surface area contributed by atoms with Crippen molar-refractivity contribution in [2.45, 2.75) is 19.3 Å². The van der Waals surface area contributed by atoms with Crippen molar-refractivity contribution in [3.05, 3.63) is 51.8 Å². The maximum absolute atomic E-state index is 12.7. The van der Waals surface area contributed by atoms with Crippen LogP contribution in [-0.4, -0.2) is 73.1 Å². The Morgan fingerprint density at radius 2 is 2.03 bits per heavy atom. The minimum absolute atomic E-state index is 0.0829. The van der Waals surface area contributed by atoms with Crippen LogP contribution in [0.3, 0.4) is 0 Å². The summed E-state index contributed by atoms with van der Waals surface area (Å²) in [5.41, 5.74) is 0.401. The van der Waals surface area contributed by atoms with E-state index in [0.717, 1.165) is 58.7 Å². The predicted octanol–water partition coefficient (Wildman–Crippen LogP) is 1.94. The van der Waals surface area contributed by atoms with Gasteiger partial charge in [-0.1, -0.05) is 17.7 Å². The second kappa shape index (κ2) is 10.9. The lowest BCUT2D eigenvalue weighted by Gasteiger charge is -2.33. The first-order valence-corrected chi connectivity index (χ1v) is 11.7. The number of anilines is 1. The van der Waals surface area contributed by atoms with Crippen LogP contribution < -0.4 is 15.8 Å². The number of hydrogen-bond donors (Lipinski definition) is 1. The fourth-order valence-electron chi connectivity index (χ4n) is 4.25. The third-order valence-electron chi connectivity index (χ3n) is 6.01. The van der Waals surface area contributed by atoms with Gasteiger partial charge in [-0.05, 0) is 50.1 Å². The first-order chi connectivity index (χ1) is 15.6. The molecule has 0 spiro atoms. The first-order valence-electron chi connectivity index (χ1n) is 11.3. The number of ether oxygens (including phenoxy) is 1. The fourth-order valence-corrected chi connectivity index (χ4v) is 4.43. The van der Waals surface area contributed by atoms with Gasteiger partial charge in [0.05, 0.1) is 24.8 Å². The number of rotatable bonds is 7. The van der Waals surface area contributed by atoms with Gasteiger partial charge in [-0.3, -0.25) is 14.5 Å². The number of nitrogens with one attached hydrogen (secondary N) is 1. The number of nitrogens with zero attached hydrogens (tertiary/aromatic N) is 4. The van der Waals surface area contributed by atoms with Crippen LogP contribution in [0.2, 0.25) is 5.02 Å². The SMILES string of the molecule is O=C(NCCCN1CCOCC1)[C@H]1CCCN(c2ccc(=O)n(-c3cccc(Cl)c3)n2)C1. The van der Waals surface area contributed by atoms with Crippen LogP contribution in [0.5, 0.6) is 0 Å². The number of morpholine rings is 1. The van der Waals surface area contributed by atoms with Gasteiger partial charge in [0, 0.05) is 43.8 Å². The Hall–Kier alpha value is -2.42. The van der Waals surface area contributed by atoms with Gasteiger partial charge in [-0.25, -0.2) is 0 Å². The third kappa shape index (κ3) is 5.88. The highest BCUT2D eigenvalue weighted by atomic mass is 35.5. The average molecular weight is 460 g/mol. The summed E-state index contributed by atoms with van der Waals surface area (Å²) >= 11 is 6.08. The molecule has 4 rings (SSSR count). The number of aromatic nitrogens is 2. The minimum Gasteiger partial charge on any atom is -0.379 e. The molecule has 8 nitrogen and oxygen atoms in total. The number of benzene rings is 1. The molecule has 1 aromatic carbocycles. The molecule has 1 amide bonds. The molecule has 1 atom stereocenters. The highest BCUT2D eigenvalue weighted by Gasteiger charge is 2.26. The van der Waals surface area contributed by atoms with Crippen molar-refractivity contribution in [2.75, 3.05) is 57.4 Å². The second-order valence-corrected chi connectivity index (χ2v) is 8.74. The number of halogens is 1. The number of carbonyl (C=O) groups excluding carboxylic acids is 1. The molecule has 0 unspecified atom stereocenters. The summed E-state index contributed by atoms with van der Waals surface area (Å²) in [7, 11) is 0. The molecule has 2 aliphatic heterocycles. The van der Waals surface area contributed by atoms with Gasteiger partial charge >= 0.3 is 0 Å². The van der Waals surface area contributed by atoms with E-state index >= 15 is 0 Å². The smallest absolute Gasteiger partial charge is 0.271 e. The van der Waals surface area contributed by atoms with Crippen LogP contribution in [0.25, 0.3) is 5.69 Å². The fraction of sp³-hybridized carbons (Fsp3) is 0.522. The number of carbonyl (C=O) groups is 1. The zero-order valence-electron chi connectivity index (χ0n) is 18.2. The standard InChI is InChI=1S/C23H30ClN5O3/c24-19-5-1-6-20(16-19)29-22(30)8-7-21(26-29)28-11-2-4-18(17-28)23(31)25-9-3-10-27-12-14-32-15-13-27/h1,5-8,16,18H,2-4,9-15,17H2,(H,25,31)/t18-/m0/s1. The van der Waals surface area contributed by atoms with E-state index in [1.165, 1.54) is 10.7 Å². The molecule has 2 aliphatic rings. The lowest BCUT2D eigenvalue weighted by Crippen LogP contribution is -2.44. The van der Waals surface area contributed by atoms with Crippen LogP contribution in [0.1, 0.15) is 19.3 Å². The molecule has 172 valence electrons. The zero-order chi connectivity index (χ0) is 22.3. The van der Waals surface area contributed by atoms with E-state index in [2.05, 4.69) is 20.2 Å². The summed E-state index contributed by atoms with van der Waals surface area (Å²) in [6.07, 6.45) is 2.71. The van der Waals surface area contributed by atoms with Gasteiger partial charge in [0.2, 0.25) is 5.91 Å². The Morgan fingerprint density at radius 1 is 1.19 bits per heavy atom. The molecule has 1 aromatic heterocycles. The van der Waals surface area contributed by atoms with Crippen molar-refractivity contribution in [3.8, 4) is 5.69 Å². The Bertz CT molecular complexity index is 976. The zero-order valence-corrected chi connectivity index (χ0v) is 19.0. The van der Waals surface area contributed by atoms with Crippen molar-refractivity contribution < 1.29 is 9.53 Å². The molecule has 3 heterocycles. The molecule has 2 fully saturated rings. The van der Waals surface area contributed by atoms with E-state index in [1.54, 1.807) is 30.3 Å². The van der Waals surface area contributed by atoms with Gasteiger partial charge < -0.3 is 15.0 Å². The van der Waals surface area contributed by atoms with E-state index in [9.17, 15) is 9.59 Å². The van der Waals surface area contributed by atoms with E-state index < -0.39 is 0 Å². The normalized spacial score (nSPS) is 19.7. The summed E-state index contributed by atoms with van der Waals surface area (Å²) in [6, 6.07) is 10.3. The highest BCUT2D eigenvalue weighted by Crippen LogP contribution is 2.22. The van der Waals surface area contributed by atoms with Gasteiger partial charge in [0.15, 0.2) is 0 Å². The van der Waals surface area contributed by atoms with E-state index in [0.29, 0.717) is 29.6 Å². The minimum atomic E-state index is -0.220. The van der Waals surface area contributed by atoms with Gasteiger partial charge in [0.25, 0.3) is 5.56 Å². The number of amides is 1. The van der Waals surface area contributed by atoms with Gasteiger partial charge in [-0.2, -0.15) is 4.68 Å². The second-order valence-electron chi connectivity index (χ2n) is 8.31. The average Bonchev–Trinajstić information content (AvgIpc) is 2.83. The molecule has 2 aromatic rings. The summed E-state index contributed by atoms with van der Waals surface area (Å²) in [5, 5.41) is 8.20. The molecular formula is C23H30ClN5O3. The van der Waals surface area contributed by atoms with Crippen LogP contribution >= 0.6 is 11.6 Å². The van der Waals surface area contributed by atoms with Gasteiger partial charge in [0.1, 0.15) is 5.82 Å². The monoisotopic (exact) mass is 459 g/mol. The van der Waals surface area contributed by atoms with Crippen LogP contribution in [0, 0.1) is 5.92 Å². The molecule has 1 N–H and O–H groups in total. The van der Waals surface area contributed by atoms with Crippen LogP contribution in [0.15, 0.2) is 41.2 Å². The summed E-state index contributed by atoms with van der Waals surface area (Å²) in [6.45, 7) is 6.59. The highest BCUT2D eigenvalue weighted by molar-refractivity contribution is 6.30. The van der Waals surface area contributed by atoms with Crippen LogP contribution in [-0.2, 0) is 9.53 Å². The first kappa shape index (κ1) is 22.8. The van der Waals surface area contributed by atoms with Crippen LogP contribution in [0.4, 0.5) is 5.82 Å². The lowest BCUT2D eigenvalue weighted by atomic mass is 9.97. The topological polar surface area (TPSA) is 79.7 Å². The quantitative estimate of drug-likeness (QED) is 0.637. The summed E-state index contributed by atoms with van der Waals surface area (Å²) < 4.78 is 6.73. The Kier molecular flexibility index (Phi) is 7.78. The number of piperidine rings is 1. The van der Waals surface area contributed by atoms with E-state index in [4.69, 9.17) is 16.3 Å². The van der Waals surface area contributed by atoms with E-state index in [1.807, 2.05) is 0 Å². The molecule has 0 saturated carbocycles. The Labute approximate surface area is 193 Å². The molecule has 9 heteroatoms. The molecule has 0 bridgehead atoms. The third-order valence-corrected chi connectivity index (χ3v) is 6.24. The Morgan fingerprint density at radius 3 is 2.84 bits per heavy atom. The molecule has 2 saturated heterocycles.